The molecular weight excluding hydrogens is 196 g/mol. The van der Waals surface area contributed by atoms with Crippen molar-refractivity contribution in [1.29, 1.82) is 0 Å². The van der Waals surface area contributed by atoms with Crippen LogP contribution in [0.3, 0.4) is 0 Å². The van der Waals surface area contributed by atoms with Crippen molar-refractivity contribution >= 4 is 11.8 Å². The lowest BCUT2D eigenvalue weighted by molar-refractivity contribution is 0.444. The van der Waals surface area contributed by atoms with Crippen molar-refractivity contribution in [3.8, 4) is 0 Å². The second-order valence-corrected chi connectivity index (χ2v) is 5.06. The Kier molecular flexibility index (Phi) is 2.12. The van der Waals surface area contributed by atoms with Crippen molar-refractivity contribution < 1.29 is 0 Å². The monoisotopic (exact) mass is 210 g/mol. The largest absolute Gasteiger partial charge is 0.318 e. The second kappa shape index (κ2) is 3.46. The molecule has 3 rings (SSSR count). The van der Waals surface area contributed by atoms with Gasteiger partial charge >= 0.3 is 0 Å². The number of nitrogens with one attached hydrogen (secondary N) is 1. The van der Waals surface area contributed by atoms with Crippen LogP contribution in [0.2, 0.25) is 0 Å². The number of hydrogen-bond acceptors (Lipinski definition) is 4. The Bertz CT molecular complexity index is 318. The van der Waals surface area contributed by atoms with Crippen LogP contribution in [0, 0.1) is 5.92 Å². The minimum atomic E-state index is 0.617. The highest BCUT2D eigenvalue weighted by molar-refractivity contribution is 7.99. The van der Waals surface area contributed by atoms with E-state index in [0.29, 0.717) is 6.04 Å². The van der Waals surface area contributed by atoms with E-state index in [9.17, 15) is 0 Å². The molecule has 0 spiro atoms. The van der Waals surface area contributed by atoms with Crippen LogP contribution in [-0.4, -0.2) is 26.7 Å². The smallest absolute Gasteiger partial charge is 0.209 e. The number of thioether (sulfide) groups is 1. The van der Waals surface area contributed by atoms with Gasteiger partial charge < -0.3 is 5.43 Å². The standard InChI is InChI=1S/C9H14N4S/c1-2-4-7(3-1)8-5-14-9-11-10-6-13(9)12-8/h6-8,12H,1-5H2. The number of nitrogens with zero attached hydrogens (tertiary/aromatic N) is 3. The summed E-state index contributed by atoms with van der Waals surface area (Å²) in [6.07, 6.45) is 7.35. The Morgan fingerprint density at radius 1 is 1.43 bits per heavy atom. The highest BCUT2D eigenvalue weighted by Crippen LogP contribution is 2.32. The molecule has 0 aromatic carbocycles. The highest BCUT2D eigenvalue weighted by atomic mass is 32.2. The third-order valence-corrected chi connectivity index (χ3v) is 4.24. The SMILES string of the molecule is c1nnc2n1NC(C1CCCC1)CS2. The Balaban J connectivity index is 1.74. The lowest BCUT2D eigenvalue weighted by Crippen LogP contribution is -2.38. The Hall–Kier alpha value is -0.710. The van der Waals surface area contributed by atoms with Crippen molar-refractivity contribution in [3.63, 3.8) is 0 Å². The first-order chi connectivity index (χ1) is 6.93. The van der Waals surface area contributed by atoms with Crippen molar-refractivity contribution in [1.82, 2.24) is 14.9 Å². The van der Waals surface area contributed by atoms with Gasteiger partial charge in [0.05, 0.1) is 6.04 Å². The van der Waals surface area contributed by atoms with E-state index in [1.807, 2.05) is 16.4 Å². The number of aromatic nitrogens is 3. The highest BCUT2D eigenvalue weighted by Gasteiger charge is 2.28. The predicted molar refractivity (Wildman–Crippen MR) is 55.9 cm³/mol. The minimum absolute atomic E-state index is 0.617. The molecule has 0 radical (unpaired) electrons. The summed E-state index contributed by atoms with van der Waals surface area (Å²) in [6, 6.07) is 0.617. The molecule has 0 bridgehead atoms. The van der Waals surface area contributed by atoms with E-state index >= 15 is 0 Å². The molecule has 1 saturated carbocycles. The number of hydrogen-bond donors (Lipinski definition) is 1. The van der Waals surface area contributed by atoms with E-state index in [0.717, 1.165) is 16.8 Å². The van der Waals surface area contributed by atoms with Gasteiger partial charge in [-0.05, 0) is 18.8 Å². The zero-order valence-corrected chi connectivity index (χ0v) is 8.83. The van der Waals surface area contributed by atoms with E-state index in [-0.39, 0.29) is 0 Å². The first kappa shape index (κ1) is 8.59. The number of fused-ring (bicyclic) bond motifs is 1. The molecule has 1 aromatic rings. The average Bonchev–Trinajstić information content (AvgIpc) is 2.88. The summed E-state index contributed by atoms with van der Waals surface area (Å²) >= 11 is 1.82. The van der Waals surface area contributed by atoms with E-state index in [1.165, 1.54) is 25.7 Å². The van der Waals surface area contributed by atoms with Crippen molar-refractivity contribution in [3.05, 3.63) is 6.33 Å². The molecule has 0 saturated heterocycles. The van der Waals surface area contributed by atoms with Gasteiger partial charge in [0.2, 0.25) is 5.16 Å². The fourth-order valence-electron chi connectivity index (χ4n) is 2.39. The van der Waals surface area contributed by atoms with Gasteiger partial charge in [0, 0.05) is 5.75 Å². The summed E-state index contributed by atoms with van der Waals surface area (Å²) in [6.45, 7) is 0. The van der Waals surface area contributed by atoms with Crippen LogP contribution in [0.15, 0.2) is 11.5 Å². The maximum absolute atomic E-state index is 4.03. The van der Waals surface area contributed by atoms with Gasteiger partial charge in [-0.2, -0.15) is 0 Å². The van der Waals surface area contributed by atoms with E-state index in [2.05, 4.69) is 15.6 Å². The zero-order chi connectivity index (χ0) is 9.38. The quantitative estimate of drug-likeness (QED) is 0.762. The van der Waals surface area contributed by atoms with Crippen molar-refractivity contribution in [2.45, 2.75) is 36.9 Å². The molecule has 4 nitrogen and oxygen atoms in total. The third-order valence-electron chi connectivity index (χ3n) is 3.18. The zero-order valence-electron chi connectivity index (χ0n) is 8.02. The summed E-state index contributed by atoms with van der Waals surface area (Å²) in [5, 5.41) is 8.93. The second-order valence-electron chi connectivity index (χ2n) is 4.07. The summed E-state index contributed by atoms with van der Waals surface area (Å²) in [4.78, 5) is 0. The molecule has 2 heterocycles. The minimum Gasteiger partial charge on any atom is -0.318 e. The Morgan fingerprint density at radius 3 is 3.14 bits per heavy atom. The van der Waals surface area contributed by atoms with Gasteiger partial charge in [0.1, 0.15) is 6.33 Å². The van der Waals surface area contributed by atoms with Crippen molar-refractivity contribution in [2.24, 2.45) is 5.92 Å². The molecule has 1 aliphatic heterocycles. The molecule has 1 aliphatic carbocycles. The van der Waals surface area contributed by atoms with Crippen LogP contribution in [0.4, 0.5) is 0 Å². The fraction of sp³-hybridized carbons (Fsp3) is 0.778. The van der Waals surface area contributed by atoms with Crippen LogP contribution in [-0.2, 0) is 0 Å². The summed E-state index contributed by atoms with van der Waals surface area (Å²) in [5.41, 5.74) is 3.49. The Labute approximate surface area is 87.4 Å². The van der Waals surface area contributed by atoms with Crippen molar-refractivity contribution in [2.75, 3.05) is 11.2 Å². The molecule has 5 heteroatoms. The third kappa shape index (κ3) is 1.39. The lowest BCUT2D eigenvalue weighted by Gasteiger charge is -2.29. The van der Waals surface area contributed by atoms with Gasteiger partial charge in [0.25, 0.3) is 0 Å². The molecule has 1 N–H and O–H groups in total. The van der Waals surface area contributed by atoms with Gasteiger partial charge in [-0.1, -0.05) is 24.6 Å². The van der Waals surface area contributed by atoms with Crippen LogP contribution >= 0.6 is 11.8 Å². The molecule has 0 amide bonds. The first-order valence-electron chi connectivity index (χ1n) is 5.23. The normalized spacial score (nSPS) is 27.3. The van der Waals surface area contributed by atoms with Gasteiger partial charge in [-0.15, -0.1) is 10.2 Å². The van der Waals surface area contributed by atoms with Crippen LogP contribution in [0.5, 0.6) is 0 Å². The van der Waals surface area contributed by atoms with E-state index < -0.39 is 0 Å². The van der Waals surface area contributed by atoms with Gasteiger partial charge in [-0.25, -0.2) is 4.68 Å². The molecule has 1 unspecified atom stereocenters. The lowest BCUT2D eigenvalue weighted by atomic mass is 10.0. The van der Waals surface area contributed by atoms with Gasteiger partial charge in [0.15, 0.2) is 0 Å². The summed E-state index contributed by atoms with van der Waals surface area (Å²) < 4.78 is 1.97. The molecule has 2 aliphatic rings. The first-order valence-corrected chi connectivity index (χ1v) is 6.21. The van der Waals surface area contributed by atoms with Crippen LogP contribution in [0.1, 0.15) is 25.7 Å². The van der Waals surface area contributed by atoms with Crippen LogP contribution < -0.4 is 5.43 Å². The molecule has 1 fully saturated rings. The maximum Gasteiger partial charge on any atom is 0.209 e. The molecule has 1 atom stereocenters. The predicted octanol–water partition coefficient (Wildman–Crippen LogP) is 1.49. The summed E-state index contributed by atoms with van der Waals surface area (Å²) in [5.74, 6) is 2.00. The molecule has 76 valence electrons. The van der Waals surface area contributed by atoms with E-state index in [4.69, 9.17) is 0 Å². The molecular formula is C9H14N4S. The van der Waals surface area contributed by atoms with E-state index in [1.54, 1.807) is 6.33 Å². The average molecular weight is 210 g/mol. The molecule has 1 aromatic heterocycles. The molecule has 14 heavy (non-hydrogen) atoms. The topological polar surface area (TPSA) is 42.7 Å². The number of rotatable bonds is 1. The van der Waals surface area contributed by atoms with Crippen LogP contribution in [0.25, 0.3) is 0 Å². The summed E-state index contributed by atoms with van der Waals surface area (Å²) in [7, 11) is 0. The fourth-order valence-corrected chi connectivity index (χ4v) is 3.41. The van der Waals surface area contributed by atoms with Gasteiger partial charge in [-0.3, -0.25) is 0 Å². The maximum atomic E-state index is 4.03. The Morgan fingerprint density at radius 2 is 2.29 bits per heavy atom.